The Hall–Kier alpha value is -1.61. The molecule has 1 N–H and O–H groups in total. The first kappa shape index (κ1) is 10.9. The Morgan fingerprint density at radius 2 is 2.31 bits per heavy atom. The molecule has 3 heteroatoms. The van der Waals surface area contributed by atoms with Crippen molar-refractivity contribution in [3.05, 3.63) is 47.7 Å². The molecule has 0 amide bonds. The van der Waals surface area contributed by atoms with Crippen molar-refractivity contribution < 1.29 is 9.84 Å². The van der Waals surface area contributed by atoms with E-state index in [1.165, 1.54) is 5.57 Å². The fourth-order valence-electron chi connectivity index (χ4n) is 1.56. The SMILES string of the molecule is OCc1ccnc(OCC2=CCCC=C2)c1. The van der Waals surface area contributed by atoms with Gasteiger partial charge in [-0.3, -0.25) is 0 Å². The topological polar surface area (TPSA) is 42.4 Å². The zero-order valence-electron chi connectivity index (χ0n) is 9.10. The number of aliphatic hydroxyl groups excluding tert-OH is 1. The van der Waals surface area contributed by atoms with Crippen LogP contribution in [0.25, 0.3) is 0 Å². The fourth-order valence-corrected chi connectivity index (χ4v) is 1.56. The Balaban J connectivity index is 1.93. The van der Waals surface area contributed by atoms with E-state index in [-0.39, 0.29) is 6.61 Å². The molecule has 3 nitrogen and oxygen atoms in total. The van der Waals surface area contributed by atoms with Crippen LogP contribution in [0.15, 0.2) is 42.1 Å². The van der Waals surface area contributed by atoms with Gasteiger partial charge in [0.2, 0.25) is 5.88 Å². The standard InChI is InChI=1S/C13H15NO2/c15-9-12-6-7-14-13(8-12)16-10-11-4-2-1-3-5-11/h2,4-8,15H,1,3,9-10H2. The van der Waals surface area contributed by atoms with Gasteiger partial charge < -0.3 is 9.84 Å². The molecule has 0 unspecified atom stereocenters. The number of hydrogen-bond acceptors (Lipinski definition) is 3. The molecule has 1 aliphatic carbocycles. The van der Waals surface area contributed by atoms with Crippen molar-refractivity contribution in [3.63, 3.8) is 0 Å². The van der Waals surface area contributed by atoms with Crippen LogP contribution in [0, 0.1) is 0 Å². The van der Waals surface area contributed by atoms with Crippen molar-refractivity contribution in [2.45, 2.75) is 19.4 Å². The van der Waals surface area contributed by atoms with Gasteiger partial charge in [-0.25, -0.2) is 4.98 Å². The molecule has 0 saturated heterocycles. The molecule has 0 saturated carbocycles. The number of aromatic nitrogens is 1. The zero-order valence-corrected chi connectivity index (χ0v) is 9.10. The second kappa shape index (κ2) is 5.47. The van der Waals surface area contributed by atoms with Crippen molar-refractivity contribution in [1.29, 1.82) is 0 Å². The third kappa shape index (κ3) is 2.94. The quantitative estimate of drug-likeness (QED) is 0.841. The van der Waals surface area contributed by atoms with Gasteiger partial charge in [-0.2, -0.15) is 0 Å². The van der Waals surface area contributed by atoms with E-state index in [2.05, 4.69) is 23.2 Å². The van der Waals surface area contributed by atoms with Gasteiger partial charge >= 0.3 is 0 Å². The van der Waals surface area contributed by atoms with Crippen LogP contribution in [0.3, 0.4) is 0 Å². The molecule has 0 aromatic carbocycles. The molecular weight excluding hydrogens is 202 g/mol. The lowest BCUT2D eigenvalue weighted by atomic mass is 10.1. The highest BCUT2D eigenvalue weighted by molar-refractivity contribution is 5.25. The normalized spacial score (nSPS) is 14.7. The van der Waals surface area contributed by atoms with Gasteiger partial charge in [-0.1, -0.05) is 18.2 Å². The third-order valence-corrected chi connectivity index (χ3v) is 2.44. The Kier molecular flexibility index (Phi) is 3.72. The number of nitrogens with zero attached hydrogens (tertiary/aromatic N) is 1. The predicted octanol–water partition coefficient (Wildman–Crippen LogP) is 2.23. The second-order valence-corrected chi connectivity index (χ2v) is 3.71. The molecule has 1 heterocycles. The highest BCUT2D eigenvalue weighted by atomic mass is 16.5. The van der Waals surface area contributed by atoms with Crippen molar-refractivity contribution in [1.82, 2.24) is 4.98 Å². The molecule has 84 valence electrons. The first-order valence-corrected chi connectivity index (χ1v) is 5.42. The van der Waals surface area contributed by atoms with Gasteiger partial charge in [0, 0.05) is 12.3 Å². The van der Waals surface area contributed by atoms with E-state index in [0.717, 1.165) is 18.4 Å². The second-order valence-electron chi connectivity index (χ2n) is 3.71. The Morgan fingerprint density at radius 1 is 1.38 bits per heavy atom. The van der Waals surface area contributed by atoms with Gasteiger partial charge in [0.25, 0.3) is 0 Å². The molecule has 16 heavy (non-hydrogen) atoms. The number of ether oxygens (including phenoxy) is 1. The summed E-state index contributed by atoms with van der Waals surface area (Å²) in [5, 5.41) is 8.97. The minimum atomic E-state index is 0.0154. The Morgan fingerprint density at radius 3 is 3.06 bits per heavy atom. The molecule has 0 spiro atoms. The predicted molar refractivity (Wildman–Crippen MR) is 62.1 cm³/mol. The smallest absolute Gasteiger partial charge is 0.213 e. The number of rotatable bonds is 4. The summed E-state index contributed by atoms with van der Waals surface area (Å²) in [4.78, 5) is 4.09. The fraction of sp³-hybridized carbons (Fsp3) is 0.308. The molecule has 1 aromatic rings. The summed E-state index contributed by atoms with van der Waals surface area (Å²) < 4.78 is 5.55. The van der Waals surface area contributed by atoms with Crippen LogP contribution in [0.1, 0.15) is 18.4 Å². The molecule has 0 atom stereocenters. The first-order chi connectivity index (χ1) is 7.88. The minimum absolute atomic E-state index is 0.0154. The van der Waals surface area contributed by atoms with Crippen molar-refractivity contribution in [2.75, 3.05) is 6.61 Å². The van der Waals surface area contributed by atoms with Gasteiger partial charge in [0.05, 0.1) is 6.61 Å². The summed E-state index contributed by atoms with van der Waals surface area (Å²) >= 11 is 0. The highest BCUT2D eigenvalue weighted by Crippen LogP contribution is 2.13. The van der Waals surface area contributed by atoms with E-state index in [1.807, 2.05) is 0 Å². The van der Waals surface area contributed by atoms with Crippen LogP contribution in [0.5, 0.6) is 5.88 Å². The van der Waals surface area contributed by atoms with Crippen LogP contribution in [-0.2, 0) is 6.61 Å². The van der Waals surface area contributed by atoms with Gasteiger partial charge in [0.1, 0.15) is 6.61 Å². The minimum Gasteiger partial charge on any atom is -0.473 e. The van der Waals surface area contributed by atoms with E-state index < -0.39 is 0 Å². The Labute approximate surface area is 95.1 Å². The largest absolute Gasteiger partial charge is 0.473 e. The maximum atomic E-state index is 8.97. The Bertz CT molecular complexity index is 410. The zero-order chi connectivity index (χ0) is 11.2. The van der Waals surface area contributed by atoms with Gasteiger partial charge in [-0.15, -0.1) is 0 Å². The summed E-state index contributed by atoms with van der Waals surface area (Å²) in [6.07, 6.45) is 10.2. The molecule has 0 fully saturated rings. The molecule has 0 radical (unpaired) electrons. The van der Waals surface area contributed by atoms with Crippen LogP contribution in [0.4, 0.5) is 0 Å². The van der Waals surface area contributed by atoms with Crippen LogP contribution in [0.2, 0.25) is 0 Å². The van der Waals surface area contributed by atoms with E-state index in [1.54, 1.807) is 18.3 Å². The lowest BCUT2D eigenvalue weighted by Crippen LogP contribution is -2.02. The maximum absolute atomic E-state index is 8.97. The molecule has 0 aliphatic heterocycles. The third-order valence-electron chi connectivity index (χ3n) is 2.44. The van der Waals surface area contributed by atoms with Crippen molar-refractivity contribution in [3.8, 4) is 5.88 Å². The van der Waals surface area contributed by atoms with E-state index in [9.17, 15) is 0 Å². The summed E-state index contributed by atoms with van der Waals surface area (Å²) in [6, 6.07) is 3.53. The van der Waals surface area contributed by atoms with Crippen molar-refractivity contribution >= 4 is 0 Å². The summed E-state index contributed by atoms with van der Waals surface area (Å²) in [5.74, 6) is 0.562. The highest BCUT2D eigenvalue weighted by Gasteiger charge is 2.01. The average Bonchev–Trinajstić information content (AvgIpc) is 2.38. The maximum Gasteiger partial charge on any atom is 0.213 e. The molecule has 1 aromatic heterocycles. The van der Waals surface area contributed by atoms with Crippen molar-refractivity contribution in [2.24, 2.45) is 0 Å². The number of allylic oxidation sites excluding steroid dienone is 2. The van der Waals surface area contributed by atoms with E-state index in [4.69, 9.17) is 9.84 Å². The first-order valence-electron chi connectivity index (χ1n) is 5.42. The summed E-state index contributed by atoms with van der Waals surface area (Å²) in [7, 11) is 0. The summed E-state index contributed by atoms with van der Waals surface area (Å²) in [5.41, 5.74) is 2.00. The van der Waals surface area contributed by atoms with Crippen LogP contribution in [-0.4, -0.2) is 16.7 Å². The van der Waals surface area contributed by atoms with E-state index in [0.29, 0.717) is 12.5 Å². The number of pyridine rings is 1. The average molecular weight is 217 g/mol. The monoisotopic (exact) mass is 217 g/mol. The molecule has 0 bridgehead atoms. The van der Waals surface area contributed by atoms with E-state index >= 15 is 0 Å². The van der Waals surface area contributed by atoms with Crippen LogP contribution >= 0.6 is 0 Å². The summed E-state index contributed by atoms with van der Waals surface area (Å²) in [6.45, 7) is 0.555. The van der Waals surface area contributed by atoms with Crippen LogP contribution < -0.4 is 4.74 Å². The number of aliphatic hydroxyl groups is 1. The molecule has 2 rings (SSSR count). The molecule has 1 aliphatic rings. The van der Waals surface area contributed by atoms with Gasteiger partial charge in [-0.05, 0) is 30.0 Å². The lowest BCUT2D eigenvalue weighted by molar-refractivity contribution is 0.279. The van der Waals surface area contributed by atoms with Gasteiger partial charge in [0.15, 0.2) is 0 Å². The molecular formula is C13H15NO2. The lowest BCUT2D eigenvalue weighted by Gasteiger charge is -2.09. The number of hydrogen-bond donors (Lipinski definition) is 1.